The fourth-order valence-electron chi connectivity index (χ4n) is 3.86. The van der Waals surface area contributed by atoms with E-state index in [0.29, 0.717) is 36.4 Å². The molecule has 0 bridgehead atoms. The maximum atomic E-state index is 13.0. The minimum atomic E-state index is -3.48. The quantitative estimate of drug-likeness (QED) is 0.875. The van der Waals surface area contributed by atoms with Gasteiger partial charge in [0.15, 0.2) is 0 Å². The summed E-state index contributed by atoms with van der Waals surface area (Å²) in [6.07, 6.45) is 7.47. The topological polar surface area (TPSA) is 79.4 Å². The number of hydrogen-bond acceptors (Lipinski definition) is 4. The number of amides is 1. The summed E-state index contributed by atoms with van der Waals surface area (Å²) >= 11 is 0. The van der Waals surface area contributed by atoms with Crippen LogP contribution in [-0.2, 0) is 22.9 Å². The molecule has 0 unspecified atom stereocenters. The Kier molecular flexibility index (Phi) is 4.97. The van der Waals surface area contributed by atoms with Gasteiger partial charge in [-0.2, -0.15) is 4.31 Å². The van der Waals surface area contributed by atoms with Crippen LogP contribution in [0.15, 0.2) is 47.6 Å². The van der Waals surface area contributed by atoms with Crippen LogP contribution in [0, 0.1) is 0 Å². The highest BCUT2D eigenvalue weighted by atomic mass is 32.2. The minimum absolute atomic E-state index is 0.0239. The fourth-order valence-corrected chi connectivity index (χ4v) is 5.38. The van der Waals surface area contributed by atoms with Gasteiger partial charge >= 0.3 is 0 Å². The van der Waals surface area contributed by atoms with Crippen molar-refractivity contribution in [3.8, 4) is 0 Å². The van der Waals surface area contributed by atoms with E-state index in [-0.39, 0.29) is 11.9 Å². The lowest BCUT2D eigenvalue weighted by molar-refractivity contribution is 0.0923. The molecule has 7 heteroatoms. The molecule has 6 nitrogen and oxygen atoms in total. The number of piperidine rings is 1. The Labute approximate surface area is 159 Å². The van der Waals surface area contributed by atoms with Crippen molar-refractivity contribution in [2.75, 3.05) is 13.1 Å². The van der Waals surface area contributed by atoms with Crippen LogP contribution < -0.4 is 5.32 Å². The summed E-state index contributed by atoms with van der Waals surface area (Å²) in [5.74, 6) is -0.164. The highest BCUT2D eigenvalue weighted by molar-refractivity contribution is 7.89. The Hall–Kier alpha value is -2.25. The van der Waals surface area contributed by atoms with Crippen LogP contribution in [0.2, 0.25) is 0 Å². The molecule has 1 N–H and O–H groups in total. The number of hydrogen-bond donors (Lipinski definition) is 1. The molecule has 0 saturated carbocycles. The van der Waals surface area contributed by atoms with Crippen molar-refractivity contribution in [2.24, 2.45) is 0 Å². The zero-order chi connectivity index (χ0) is 18.9. The van der Waals surface area contributed by atoms with Crippen molar-refractivity contribution in [1.29, 1.82) is 0 Å². The third-order valence-electron chi connectivity index (χ3n) is 5.42. The van der Waals surface area contributed by atoms with E-state index >= 15 is 0 Å². The molecule has 2 aromatic rings. The zero-order valence-electron chi connectivity index (χ0n) is 15.1. The van der Waals surface area contributed by atoms with Crippen LogP contribution in [-0.4, -0.2) is 42.7 Å². The molecule has 1 aromatic carbocycles. The lowest BCUT2D eigenvalue weighted by atomic mass is 10.1. The Balaban J connectivity index is 1.39. The molecule has 1 fully saturated rings. The Morgan fingerprint density at radius 3 is 2.63 bits per heavy atom. The van der Waals surface area contributed by atoms with Crippen LogP contribution in [0.1, 0.15) is 40.7 Å². The summed E-state index contributed by atoms with van der Waals surface area (Å²) in [5, 5.41) is 2.98. The summed E-state index contributed by atoms with van der Waals surface area (Å²) in [7, 11) is -3.48. The molecule has 1 amide bonds. The van der Waals surface area contributed by atoms with Gasteiger partial charge in [-0.1, -0.05) is 6.07 Å². The van der Waals surface area contributed by atoms with Crippen molar-refractivity contribution >= 4 is 15.9 Å². The molecule has 1 aromatic heterocycles. The summed E-state index contributed by atoms with van der Waals surface area (Å²) in [5.41, 5.74) is 2.95. The predicted molar refractivity (Wildman–Crippen MR) is 102 cm³/mol. The molecule has 2 heterocycles. The second-order valence-corrected chi connectivity index (χ2v) is 9.12. The van der Waals surface area contributed by atoms with E-state index in [1.165, 1.54) is 16.1 Å². The number of carbonyl (C=O) groups excluding carboxylic acids is 1. The Morgan fingerprint density at radius 2 is 1.89 bits per heavy atom. The van der Waals surface area contributed by atoms with Gasteiger partial charge in [-0.3, -0.25) is 9.78 Å². The SMILES string of the molecule is O=C(NC1CCN(S(=O)(=O)c2ccc3c(c2)CCC3)CC1)c1cccnc1. The first-order chi connectivity index (χ1) is 13.0. The summed E-state index contributed by atoms with van der Waals surface area (Å²) < 4.78 is 27.5. The van der Waals surface area contributed by atoms with Crippen molar-refractivity contribution in [3.63, 3.8) is 0 Å². The van der Waals surface area contributed by atoms with E-state index in [2.05, 4.69) is 10.3 Å². The molecule has 1 aliphatic carbocycles. The maximum absolute atomic E-state index is 13.0. The number of aryl methyl sites for hydroxylation is 2. The van der Waals surface area contributed by atoms with Gasteiger partial charge in [0, 0.05) is 31.5 Å². The minimum Gasteiger partial charge on any atom is -0.349 e. The lowest BCUT2D eigenvalue weighted by Crippen LogP contribution is -2.46. The summed E-state index contributed by atoms with van der Waals surface area (Å²) in [6.45, 7) is 0.828. The number of nitrogens with zero attached hydrogens (tertiary/aromatic N) is 2. The van der Waals surface area contributed by atoms with Gasteiger partial charge in [-0.25, -0.2) is 8.42 Å². The number of pyridine rings is 1. The van der Waals surface area contributed by atoms with Crippen LogP contribution >= 0.6 is 0 Å². The summed E-state index contributed by atoms with van der Waals surface area (Å²) in [4.78, 5) is 16.6. The monoisotopic (exact) mass is 385 g/mol. The third kappa shape index (κ3) is 3.75. The molecule has 1 aliphatic heterocycles. The maximum Gasteiger partial charge on any atom is 0.253 e. The van der Waals surface area contributed by atoms with Crippen molar-refractivity contribution in [3.05, 3.63) is 59.4 Å². The number of benzene rings is 1. The van der Waals surface area contributed by atoms with E-state index in [0.717, 1.165) is 24.8 Å². The predicted octanol–water partition coefficient (Wildman–Crippen LogP) is 2.15. The second kappa shape index (κ2) is 7.40. The average Bonchev–Trinajstić information content (AvgIpc) is 3.17. The summed E-state index contributed by atoms with van der Waals surface area (Å²) in [6, 6.07) is 8.94. The van der Waals surface area contributed by atoms with Gasteiger partial charge in [-0.15, -0.1) is 0 Å². The largest absolute Gasteiger partial charge is 0.349 e. The first kappa shape index (κ1) is 18.1. The van der Waals surface area contributed by atoms with Crippen LogP contribution in [0.4, 0.5) is 0 Å². The standard InChI is InChI=1S/C20H23N3O3S/c24-20(17-5-2-10-21-14-17)22-18-8-11-23(12-9-18)27(25,26)19-7-6-15-3-1-4-16(15)13-19/h2,5-7,10,13-14,18H,1,3-4,8-9,11-12H2,(H,22,24). The van der Waals surface area contributed by atoms with Crippen molar-refractivity contribution in [1.82, 2.24) is 14.6 Å². The first-order valence-corrected chi connectivity index (χ1v) is 10.8. The number of sulfonamides is 1. The van der Waals surface area contributed by atoms with Crippen LogP contribution in [0.5, 0.6) is 0 Å². The van der Waals surface area contributed by atoms with E-state index in [9.17, 15) is 13.2 Å². The second-order valence-electron chi connectivity index (χ2n) is 7.18. The van der Waals surface area contributed by atoms with Gasteiger partial charge in [-0.05, 0) is 67.5 Å². The molecule has 142 valence electrons. The lowest BCUT2D eigenvalue weighted by Gasteiger charge is -2.31. The zero-order valence-corrected chi connectivity index (χ0v) is 15.9. The van der Waals surface area contributed by atoms with Crippen molar-refractivity contribution < 1.29 is 13.2 Å². The van der Waals surface area contributed by atoms with Gasteiger partial charge in [0.1, 0.15) is 0 Å². The third-order valence-corrected chi connectivity index (χ3v) is 7.32. The fraction of sp³-hybridized carbons (Fsp3) is 0.400. The number of carbonyl (C=O) groups is 1. The number of rotatable bonds is 4. The number of fused-ring (bicyclic) bond motifs is 1. The molecule has 0 radical (unpaired) electrons. The van der Waals surface area contributed by atoms with E-state index in [4.69, 9.17) is 0 Å². The highest BCUT2D eigenvalue weighted by Gasteiger charge is 2.30. The van der Waals surface area contributed by atoms with E-state index in [1.54, 1.807) is 24.4 Å². The van der Waals surface area contributed by atoms with Crippen molar-refractivity contribution in [2.45, 2.75) is 43.0 Å². The van der Waals surface area contributed by atoms with Gasteiger partial charge < -0.3 is 5.32 Å². The average molecular weight is 385 g/mol. The number of nitrogens with one attached hydrogen (secondary N) is 1. The smallest absolute Gasteiger partial charge is 0.253 e. The van der Waals surface area contributed by atoms with E-state index < -0.39 is 10.0 Å². The molecule has 0 spiro atoms. The van der Waals surface area contributed by atoms with E-state index in [1.807, 2.05) is 12.1 Å². The molecule has 1 saturated heterocycles. The first-order valence-electron chi connectivity index (χ1n) is 9.37. The molecule has 4 rings (SSSR count). The normalized spacial score (nSPS) is 18.2. The molecule has 0 atom stereocenters. The molecular formula is C20H23N3O3S. The van der Waals surface area contributed by atoms with Crippen LogP contribution in [0.3, 0.4) is 0 Å². The molecular weight excluding hydrogens is 362 g/mol. The molecule has 27 heavy (non-hydrogen) atoms. The van der Waals surface area contributed by atoms with Gasteiger partial charge in [0.25, 0.3) is 5.91 Å². The number of aromatic nitrogens is 1. The van der Waals surface area contributed by atoms with Gasteiger partial charge in [0.2, 0.25) is 10.0 Å². The Morgan fingerprint density at radius 1 is 1.11 bits per heavy atom. The highest BCUT2D eigenvalue weighted by Crippen LogP contribution is 2.27. The Bertz CT molecular complexity index is 936. The molecule has 2 aliphatic rings. The van der Waals surface area contributed by atoms with Gasteiger partial charge in [0.05, 0.1) is 10.5 Å². The van der Waals surface area contributed by atoms with Crippen LogP contribution in [0.25, 0.3) is 0 Å².